The highest BCUT2D eigenvalue weighted by molar-refractivity contribution is 7.89. The van der Waals surface area contributed by atoms with Gasteiger partial charge < -0.3 is 5.32 Å². The fraction of sp³-hybridized carbons (Fsp3) is 0.562. The molecule has 6 heteroatoms. The summed E-state index contributed by atoms with van der Waals surface area (Å²) in [6, 6.07) is 5.91. The lowest BCUT2D eigenvalue weighted by Gasteiger charge is -2.31. The molecule has 0 unspecified atom stereocenters. The molecular formula is C16H24N2O3S. The third-order valence-electron chi connectivity index (χ3n) is 4.16. The van der Waals surface area contributed by atoms with Crippen molar-refractivity contribution in [1.29, 1.82) is 0 Å². The molecule has 5 nitrogen and oxygen atoms in total. The average molecular weight is 324 g/mol. The minimum Gasteiger partial charge on any atom is -0.326 e. The standard InChI is InChI=1S/C16H24N2O3S/c1-4-22(20,21)18-9-5-6-14(11-18)16(19)17-15-10-12(2)7-8-13(15)3/h7-8,10,14H,4-6,9,11H2,1-3H3,(H,17,19)/t14-/m1/s1. The van der Waals surface area contributed by atoms with Gasteiger partial charge in [0.15, 0.2) is 0 Å². The highest BCUT2D eigenvalue weighted by Crippen LogP contribution is 2.23. The van der Waals surface area contributed by atoms with E-state index in [0.717, 1.165) is 29.7 Å². The van der Waals surface area contributed by atoms with E-state index in [2.05, 4.69) is 5.32 Å². The zero-order valence-corrected chi connectivity index (χ0v) is 14.2. The van der Waals surface area contributed by atoms with Gasteiger partial charge in [-0.3, -0.25) is 4.79 Å². The first kappa shape index (κ1) is 17.0. The molecule has 0 aromatic heterocycles. The summed E-state index contributed by atoms with van der Waals surface area (Å²) in [6.07, 6.45) is 1.45. The summed E-state index contributed by atoms with van der Waals surface area (Å²) in [6.45, 7) is 6.36. The number of aryl methyl sites for hydroxylation is 2. The smallest absolute Gasteiger partial charge is 0.228 e. The van der Waals surface area contributed by atoms with Gasteiger partial charge in [-0.25, -0.2) is 12.7 Å². The van der Waals surface area contributed by atoms with Gasteiger partial charge in [0, 0.05) is 18.8 Å². The fourth-order valence-corrected chi connectivity index (χ4v) is 3.88. The number of benzene rings is 1. The largest absolute Gasteiger partial charge is 0.326 e. The lowest BCUT2D eigenvalue weighted by atomic mass is 9.98. The first-order valence-electron chi connectivity index (χ1n) is 7.69. The van der Waals surface area contributed by atoms with Crippen LogP contribution in [0, 0.1) is 19.8 Å². The molecule has 0 aliphatic carbocycles. The molecule has 1 aliphatic heterocycles. The van der Waals surface area contributed by atoms with Crippen molar-refractivity contribution in [3.8, 4) is 0 Å². The van der Waals surface area contributed by atoms with Gasteiger partial charge >= 0.3 is 0 Å². The Balaban J connectivity index is 2.08. The summed E-state index contributed by atoms with van der Waals surface area (Å²) >= 11 is 0. The second-order valence-corrected chi connectivity index (χ2v) is 8.16. The molecule has 1 aliphatic rings. The summed E-state index contributed by atoms with van der Waals surface area (Å²) in [5, 5.41) is 2.95. The van der Waals surface area contributed by atoms with E-state index in [1.54, 1.807) is 6.92 Å². The summed E-state index contributed by atoms with van der Waals surface area (Å²) in [7, 11) is -3.22. The van der Waals surface area contributed by atoms with E-state index in [4.69, 9.17) is 0 Å². The van der Waals surface area contributed by atoms with E-state index in [0.29, 0.717) is 6.54 Å². The number of nitrogens with one attached hydrogen (secondary N) is 1. The van der Waals surface area contributed by atoms with Crippen molar-refractivity contribution < 1.29 is 13.2 Å². The first-order chi connectivity index (χ1) is 10.3. The number of nitrogens with zero attached hydrogens (tertiary/aromatic N) is 1. The molecule has 1 N–H and O–H groups in total. The number of anilines is 1. The van der Waals surface area contributed by atoms with Crippen LogP contribution in [0.1, 0.15) is 30.9 Å². The Bertz CT molecular complexity index is 655. The van der Waals surface area contributed by atoms with E-state index in [1.807, 2.05) is 32.0 Å². The molecule has 2 rings (SSSR count). The van der Waals surface area contributed by atoms with Crippen LogP contribution in [-0.4, -0.2) is 37.5 Å². The fourth-order valence-electron chi connectivity index (χ4n) is 2.70. The Labute approximate surface area is 132 Å². The van der Waals surface area contributed by atoms with Crippen LogP contribution < -0.4 is 5.32 Å². The molecule has 22 heavy (non-hydrogen) atoms. The Morgan fingerprint density at radius 3 is 2.77 bits per heavy atom. The molecule has 1 aromatic rings. The normalized spacial score (nSPS) is 19.9. The van der Waals surface area contributed by atoms with Gasteiger partial charge in [0.2, 0.25) is 15.9 Å². The van der Waals surface area contributed by atoms with Crippen LogP contribution in [0.4, 0.5) is 5.69 Å². The third-order valence-corrected chi connectivity index (χ3v) is 6.01. The Morgan fingerprint density at radius 1 is 1.36 bits per heavy atom. The van der Waals surface area contributed by atoms with Crippen LogP contribution in [-0.2, 0) is 14.8 Å². The second kappa shape index (κ2) is 6.79. The Hall–Kier alpha value is -1.40. The Morgan fingerprint density at radius 2 is 2.09 bits per heavy atom. The molecule has 1 saturated heterocycles. The maximum atomic E-state index is 12.5. The van der Waals surface area contributed by atoms with Gasteiger partial charge in [-0.2, -0.15) is 0 Å². The maximum Gasteiger partial charge on any atom is 0.228 e. The van der Waals surface area contributed by atoms with Gasteiger partial charge in [-0.15, -0.1) is 0 Å². The number of rotatable bonds is 4. The summed E-state index contributed by atoms with van der Waals surface area (Å²) in [4.78, 5) is 12.5. The maximum absolute atomic E-state index is 12.5. The highest BCUT2D eigenvalue weighted by atomic mass is 32.2. The van der Waals surface area contributed by atoms with Crippen LogP contribution in [0.5, 0.6) is 0 Å². The molecule has 0 spiro atoms. The predicted octanol–water partition coefficient (Wildman–Crippen LogP) is 2.30. The van der Waals surface area contributed by atoms with E-state index < -0.39 is 10.0 Å². The average Bonchev–Trinajstić information content (AvgIpc) is 2.51. The van der Waals surface area contributed by atoms with E-state index in [-0.39, 0.29) is 24.1 Å². The molecule has 1 amide bonds. The van der Waals surface area contributed by atoms with Crippen molar-refractivity contribution in [3.63, 3.8) is 0 Å². The van der Waals surface area contributed by atoms with Crippen LogP contribution in [0.2, 0.25) is 0 Å². The minimum atomic E-state index is -3.22. The number of carbonyl (C=O) groups is 1. The molecule has 0 radical (unpaired) electrons. The van der Waals surface area contributed by atoms with Crippen molar-refractivity contribution in [2.24, 2.45) is 5.92 Å². The van der Waals surface area contributed by atoms with Crippen LogP contribution in [0.25, 0.3) is 0 Å². The molecule has 0 bridgehead atoms. The zero-order chi connectivity index (χ0) is 16.3. The topological polar surface area (TPSA) is 66.5 Å². The van der Waals surface area contributed by atoms with Crippen LogP contribution in [0.15, 0.2) is 18.2 Å². The third kappa shape index (κ3) is 3.87. The number of hydrogen-bond acceptors (Lipinski definition) is 3. The van der Waals surface area contributed by atoms with Gasteiger partial charge in [-0.05, 0) is 50.8 Å². The van der Waals surface area contributed by atoms with Gasteiger partial charge in [-0.1, -0.05) is 12.1 Å². The molecule has 1 atom stereocenters. The number of sulfonamides is 1. The Kier molecular flexibility index (Phi) is 5.24. The summed E-state index contributed by atoms with van der Waals surface area (Å²) in [5.41, 5.74) is 2.90. The molecular weight excluding hydrogens is 300 g/mol. The number of piperidine rings is 1. The van der Waals surface area contributed by atoms with E-state index in [1.165, 1.54) is 4.31 Å². The van der Waals surface area contributed by atoms with Crippen LogP contribution in [0.3, 0.4) is 0 Å². The summed E-state index contributed by atoms with van der Waals surface area (Å²) in [5.74, 6) is -0.294. The van der Waals surface area contributed by atoms with Crippen molar-refractivity contribution in [3.05, 3.63) is 29.3 Å². The minimum absolute atomic E-state index is 0.0817. The first-order valence-corrected chi connectivity index (χ1v) is 9.30. The highest BCUT2D eigenvalue weighted by Gasteiger charge is 2.31. The van der Waals surface area contributed by atoms with Crippen molar-refractivity contribution in [2.75, 3.05) is 24.2 Å². The second-order valence-electron chi connectivity index (χ2n) is 5.91. The monoisotopic (exact) mass is 324 g/mol. The lowest BCUT2D eigenvalue weighted by molar-refractivity contribution is -0.120. The van der Waals surface area contributed by atoms with E-state index in [9.17, 15) is 13.2 Å². The van der Waals surface area contributed by atoms with Gasteiger partial charge in [0.1, 0.15) is 0 Å². The number of carbonyl (C=O) groups excluding carboxylic acids is 1. The SMILES string of the molecule is CCS(=O)(=O)N1CCC[C@@H](C(=O)Nc2cc(C)ccc2C)C1. The van der Waals surface area contributed by atoms with E-state index >= 15 is 0 Å². The molecule has 1 heterocycles. The number of hydrogen-bond donors (Lipinski definition) is 1. The lowest BCUT2D eigenvalue weighted by Crippen LogP contribution is -2.44. The van der Waals surface area contributed by atoms with Gasteiger partial charge in [0.25, 0.3) is 0 Å². The number of amides is 1. The molecule has 1 fully saturated rings. The zero-order valence-electron chi connectivity index (χ0n) is 13.4. The predicted molar refractivity (Wildman–Crippen MR) is 88.3 cm³/mol. The summed E-state index contributed by atoms with van der Waals surface area (Å²) < 4.78 is 25.4. The van der Waals surface area contributed by atoms with Crippen molar-refractivity contribution in [1.82, 2.24) is 4.31 Å². The van der Waals surface area contributed by atoms with Crippen LogP contribution >= 0.6 is 0 Å². The van der Waals surface area contributed by atoms with Gasteiger partial charge in [0.05, 0.1) is 11.7 Å². The van der Waals surface area contributed by atoms with Crippen molar-refractivity contribution in [2.45, 2.75) is 33.6 Å². The molecule has 1 aromatic carbocycles. The quantitative estimate of drug-likeness (QED) is 0.924. The molecule has 0 saturated carbocycles. The van der Waals surface area contributed by atoms with Crippen molar-refractivity contribution >= 4 is 21.6 Å². The molecule has 122 valence electrons.